The molecule has 18 heavy (non-hydrogen) atoms. The highest BCUT2D eigenvalue weighted by Gasteiger charge is 2.09. The lowest BCUT2D eigenvalue weighted by molar-refractivity contribution is 0.204. The third-order valence-corrected chi connectivity index (χ3v) is 1.80. The fourth-order valence-corrected chi connectivity index (χ4v) is 1.13. The van der Waals surface area contributed by atoms with Crippen LogP contribution in [0.4, 0.5) is 5.95 Å². The van der Waals surface area contributed by atoms with Gasteiger partial charge in [0.05, 0.1) is 12.7 Å². The summed E-state index contributed by atoms with van der Waals surface area (Å²) in [6, 6.07) is 0.431. The molecule has 0 aromatic carbocycles. The summed E-state index contributed by atoms with van der Waals surface area (Å²) < 4.78 is 10.7. The van der Waals surface area contributed by atoms with E-state index in [9.17, 15) is 0 Å². The van der Waals surface area contributed by atoms with Crippen molar-refractivity contribution >= 4 is 5.95 Å². The number of aliphatic hydroxyl groups is 1. The topological polar surface area (TPSA) is 89.4 Å². The van der Waals surface area contributed by atoms with E-state index in [0.29, 0.717) is 25.5 Å². The minimum absolute atomic E-state index is 0.0211. The Bertz CT molecular complexity index is 360. The molecule has 7 nitrogen and oxygen atoms in total. The Morgan fingerprint density at radius 3 is 2.56 bits per heavy atom. The molecule has 0 saturated heterocycles. The molecule has 1 heterocycles. The lowest BCUT2D eigenvalue weighted by Crippen LogP contribution is -2.13. The van der Waals surface area contributed by atoms with Crippen LogP contribution in [0.5, 0.6) is 12.0 Å². The molecule has 1 rings (SSSR count). The van der Waals surface area contributed by atoms with Crippen molar-refractivity contribution in [2.24, 2.45) is 0 Å². The van der Waals surface area contributed by atoms with E-state index in [4.69, 9.17) is 14.6 Å². The molecule has 102 valence electrons. The summed E-state index contributed by atoms with van der Waals surface area (Å²) in [4.78, 5) is 12.2. The predicted octanol–water partition coefficient (Wildman–Crippen LogP) is 0.852. The van der Waals surface area contributed by atoms with Gasteiger partial charge in [-0.25, -0.2) is 0 Å². The Hall–Kier alpha value is -1.63. The summed E-state index contributed by atoms with van der Waals surface area (Å²) >= 11 is 0. The maximum Gasteiger partial charge on any atom is 0.324 e. The summed E-state index contributed by atoms with van der Waals surface area (Å²) in [5, 5.41) is 11.7. The number of nitrogens with one attached hydrogen (secondary N) is 1. The molecule has 0 spiro atoms. The van der Waals surface area contributed by atoms with Gasteiger partial charge in [-0.1, -0.05) is 0 Å². The molecule has 0 bridgehead atoms. The molecule has 0 unspecified atom stereocenters. The zero-order valence-electron chi connectivity index (χ0n) is 11.0. The first kappa shape index (κ1) is 14.4. The molecule has 1 aromatic rings. The van der Waals surface area contributed by atoms with E-state index >= 15 is 0 Å². The maximum absolute atomic E-state index is 8.69. The van der Waals surface area contributed by atoms with Gasteiger partial charge in [-0.2, -0.15) is 9.97 Å². The van der Waals surface area contributed by atoms with Gasteiger partial charge in [-0.05, 0) is 20.8 Å². The molecule has 0 radical (unpaired) electrons. The molecule has 0 aliphatic heterocycles. The van der Waals surface area contributed by atoms with E-state index in [1.807, 2.05) is 20.8 Å². The zero-order valence-corrected chi connectivity index (χ0v) is 11.0. The molecule has 2 N–H and O–H groups in total. The van der Waals surface area contributed by atoms with Gasteiger partial charge in [-0.15, -0.1) is 4.98 Å². The Labute approximate surface area is 107 Å². The number of aliphatic hydroxyl groups excluding tert-OH is 1. The van der Waals surface area contributed by atoms with E-state index in [2.05, 4.69) is 20.3 Å². The van der Waals surface area contributed by atoms with Crippen molar-refractivity contribution in [2.45, 2.75) is 33.3 Å². The Morgan fingerprint density at radius 2 is 1.94 bits per heavy atom. The van der Waals surface area contributed by atoms with Crippen molar-refractivity contribution in [2.75, 3.05) is 25.1 Å². The van der Waals surface area contributed by atoms with Crippen LogP contribution in [0.2, 0.25) is 0 Å². The Morgan fingerprint density at radius 1 is 1.22 bits per heavy atom. The van der Waals surface area contributed by atoms with Crippen molar-refractivity contribution < 1.29 is 14.6 Å². The average molecular weight is 256 g/mol. The minimum atomic E-state index is -0.0211. The molecule has 0 fully saturated rings. The highest BCUT2D eigenvalue weighted by atomic mass is 16.5. The average Bonchev–Trinajstić information content (AvgIpc) is 2.28. The van der Waals surface area contributed by atoms with Gasteiger partial charge in [-0.3, -0.25) is 0 Å². The van der Waals surface area contributed by atoms with E-state index in [1.54, 1.807) is 0 Å². The molecule has 0 saturated carbocycles. The first-order valence-corrected chi connectivity index (χ1v) is 6.06. The third kappa shape index (κ3) is 5.13. The molecule has 0 amide bonds. The van der Waals surface area contributed by atoms with Crippen LogP contribution in [0.3, 0.4) is 0 Å². The van der Waals surface area contributed by atoms with E-state index in [0.717, 1.165) is 0 Å². The highest BCUT2D eigenvalue weighted by molar-refractivity contribution is 5.27. The van der Waals surface area contributed by atoms with Gasteiger partial charge >= 0.3 is 12.0 Å². The van der Waals surface area contributed by atoms with E-state index in [-0.39, 0.29) is 24.7 Å². The first-order valence-electron chi connectivity index (χ1n) is 6.06. The SMILES string of the molecule is CCNc1nc(OCCCO)nc(OC(C)C)n1. The zero-order chi connectivity index (χ0) is 13.4. The molecular weight excluding hydrogens is 236 g/mol. The standard InChI is InChI=1S/C11H20N4O3/c1-4-12-9-13-10(17-7-5-6-16)15-11(14-9)18-8(2)3/h8,16H,4-7H2,1-3H3,(H,12,13,14,15). The number of nitrogens with zero attached hydrogens (tertiary/aromatic N) is 3. The number of hydrogen-bond acceptors (Lipinski definition) is 7. The number of rotatable bonds is 8. The fraction of sp³-hybridized carbons (Fsp3) is 0.727. The predicted molar refractivity (Wildman–Crippen MR) is 67.0 cm³/mol. The molecule has 0 aliphatic rings. The van der Waals surface area contributed by atoms with Gasteiger partial charge in [0.25, 0.3) is 0 Å². The van der Waals surface area contributed by atoms with Crippen molar-refractivity contribution in [1.29, 1.82) is 0 Å². The second-order valence-electron chi connectivity index (χ2n) is 3.85. The van der Waals surface area contributed by atoms with E-state index < -0.39 is 0 Å². The van der Waals surface area contributed by atoms with Gasteiger partial charge in [0.1, 0.15) is 0 Å². The smallest absolute Gasteiger partial charge is 0.324 e. The van der Waals surface area contributed by atoms with Gasteiger partial charge in [0, 0.05) is 19.6 Å². The van der Waals surface area contributed by atoms with Crippen molar-refractivity contribution in [3.05, 3.63) is 0 Å². The molecule has 0 atom stereocenters. The summed E-state index contributed by atoms with van der Waals surface area (Å²) in [5.41, 5.74) is 0. The van der Waals surface area contributed by atoms with Crippen molar-refractivity contribution in [3.8, 4) is 12.0 Å². The largest absolute Gasteiger partial charge is 0.463 e. The van der Waals surface area contributed by atoms with Crippen molar-refractivity contribution in [3.63, 3.8) is 0 Å². The van der Waals surface area contributed by atoms with Crippen LogP contribution in [-0.2, 0) is 0 Å². The van der Waals surface area contributed by atoms with Crippen LogP contribution in [0.15, 0.2) is 0 Å². The Kier molecular flexibility index (Phi) is 6.13. The highest BCUT2D eigenvalue weighted by Crippen LogP contribution is 2.14. The monoisotopic (exact) mass is 256 g/mol. The van der Waals surface area contributed by atoms with Crippen LogP contribution in [0.25, 0.3) is 0 Å². The van der Waals surface area contributed by atoms with Gasteiger partial charge in [0.2, 0.25) is 5.95 Å². The number of hydrogen-bond donors (Lipinski definition) is 2. The minimum Gasteiger partial charge on any atom is -0.463 e. The number of anilines is 1. The Balaban J connectivity index is 2.77. The summed E-state index contributed by atoms with van der Waals surface area (Å²) in [6.45, 7) is 6.85. The molecular formula is C11H20N4O3. The maximum atomic E-state index is 8.69. The van der Waals surface area contributed by atoms with Crippen LogP contribution < -0.4 is 14.8 Å². The number of ether oxygens (including phenoxy) is 2. The van der Waals surface area contributed by atoms with Gasteiger partial charge in [0.15, 0.2) is 0 Å². The first-order chi connectivity index (χ1) is 8.65. The summed E-state index contributed by atoms with van der Waals surface area (Å²) in [5.74, 6) is 0.419. The van der Waals surface area contributed by atoms with Crippen LogP contribution in [0, 0.1) is 0 Å². The summed E-state index contributed by atoms with van der Waals surface area (Å²) in [7, 11) is 0. The third-order valence-electron chi connectivity index (χ3n) is 1.80. The fourth-order valence-electron chi connectivity index (χ4n) is 1.13. The lowest BCUT2D eigenvalue weighted by atomic mass is 10.5. The number of aromatic nitrogens is 3. The second-order valence-corrected chi connectivity index (χ2v) is 3.85. The van der Waals surface area contributed by atoms with Crippen LogP contribution in [0.1, 0.15) is 27.2 Å². The lowest BCUT2D eigenvalue weighted by Gasteiger charge is -2.11. The molecule has 7 heteroatoms. The van der Waals surface area contributed by atoms with E-state index in [1.165, 1.54) is 0 Å². The summed E-state index contributed by atoms with van der Waals surface area (Å²) in [6.07, 6.45) is 0.509. The molecule has 1 aromatic heterocycles. The molecule has 0 aliphatic carbocycles. The normalized spacial score (nSPS) is 10.5. The second kappa shape index (κ2) is 7.65. The van der Waals surface area contributed by atoms with Gasteiger partial charge < -0.3 is 19.9 Å². The van der Waals surface area contributed by atoms with Crippen LogP contribution in [-0.4, -0.2) is 45.9 Å². The van der Waals surface area contributed by atoms with Crippen LogP contribution >= 0.6 is 0 Å². The quantitative estimate of drug-likeness (QED) is 0.666. The van der Waals surface area contributed by atoms with Crippen molar-refractivity contribution in [1.82, 2.24) is 15.0 Å².